The van der Waals surface area contributed by atoms with Crippen LogP contribution >= 0.6 is 0 Å². The summed E-state index contributed by atoms with van der Waals surface area (Å²) in [7, 11) is 3.25. The van der Waals surface area contributed by atoms with E-state index >= 15 is 0 Å². The Morgan fingerprint density at radius 2 is 1.74 bits per heavy atom. The van der Waals surface area contributed by atoms with E-state index < -0.39 is 0 Å². The van der Waals surface area contributed by atoms with Gasteiger partial charge in [0.25, 0.3) is 0 Å². The van der Waals surface area contributed by atoms with E-state index in [-0.39, 0.29) is 0 Å². The van der Waals surface area contributed by atoms with E-state index in [0.29, 0.717) is 5.88 Å². The van der Waals surface area contributed by atoms with Crippen LogP contribution in [-0.4, -0.2) is 29.2 Å². The molecular formula is C18H15N3O2. The van der Waals surface area contributed by atoms with Crippen molar-refractivity contribution in [2.75, 3.05) is 14.2 Å². The summed E-state index contributed by atoms with van der Waals surface area (Å²) in [5.41, 5.74) is 3.56. The zero-order chi connectivity index (χ0) is 15.8. The maximum Gasteiger partial charge on any atom is 0.224 e. The number of H-pyrrole nitrogens is 1. The smallest absolute Gasteiger partial charge is 0.224 e. The highest BCUT2D eigenvalue weighted by Gasteiger charge is 2.14. The molecular weight excluding hydrogens is 290 g/mol. The quantitative estimate of drug-likeness (QED) is 0.625. The first-order chi connectivity index (χ1) is 11.3. The number of nitrogens with zero attached hydrogens (tertiary/aromatic N) is 2. The summed E-state index contributed by atoms with van der Waals surface area (Å²) in [6.45, 7) is 0. The molecule has 114 valence electrons. The number of para-hydroxylation sites is 2. The molecule has 0 saturated carbocycles. The molecule has 5 nitrogen and oxygen atoms in total. The summed E-state index contributed by atoms with van der Waals surface area (Å²) in [5.74, 6) is 2.04. The fourth-order valence-corrected chi connectivity index (χ4v) is 2.66. The van der Waals surface area contributed by atoms with Crippen LogP contribution in [0.3, 0.4) is 0 Å². The van der Waals surface area contributed by atoms with Crippen molar-refractivity contribution in [1.29, 1.82) is 0 Å². The molecule has 0 radical (unpaired) electrons. The van der Waals surface area contributed by atoms with Gasteiger partial charge < -0.3 is 14.5 Å². The summed E-state index contributed by atoms with van der Waals surface area (Å²) in [6, 6.07) is 15.7. The van der Waals surface area contributed by atoms with E-state index in [4.69, 9.17) is 9.47 Å². The van der Waals surface area contributed by atoms with Crippen molar-refractivity contribution in [2.45, 2.75) is 0 Å². The maximum atomic E-state index is 5.47. The predicted molar refractivity (Wildman–Crippen MR) is 89.9 cm³/mol. The van der Waals surface area contributed by atoms with E-state index in [1.807, 2.05) is 48.5 Å². The monoisotopic (exact) mass is 305 g/mol. The SMILES string of the molecule is COc1ccc2cc(-c3nc4ccccc4[nH]3)c(OC)nc2c1. The molecule has 0 amide bonds. The molecule has 0 atom stereocenters. The number of hydrogen-bond donors (Lipinski definition) is 1. The lowest BCUT2D eigenvalue weighted by Crippen LogP contribution is -1.94. The molecule has 0 aliphatic heterocycles. The summed E-state index contributed by atoms with van der Waals surface area (Å²) in [6.07, 6.45) is 0. The predicted octanol–water partition coefficient (Wildman–Crippen LogP) is 3.80. The fourth-order valence-electron chi connectivity index (χ4n) is 2.66. The fraction of sp³-hybridized carbons (Fsp3) is 0.111. The van der Waals surface area contributed by atoms with Gasteiger partial charge in [-0.3, -0.25) is 0 Å². The molecule has 0 aliphatic carbocycles. The van der Waals surface area contributed by atoms with Gasteiger partial charge in [-0.1, -0.05) is 12.1 Å². The Kier molecular flexibility index (Phi) is 3.12. The number of ether oxygens (including phenoxy) is 2. The number of benzene rings is 2. The topological polar surface area (TPSA) is 60.0 Å². The second-order valence-electron chi connectivity index (χ2n) is 5.21. The Balaban J connectivity index is 1.94. The van der Waals surface area contributed by atoms with Crippen LogP contribution in [0.4, 0.5) is 0 Å². The third kappa shape index (κ3) is 2.26. The van der Waals surface area contributed by atoms with Crippen molar-refractivity contribution < 1.29 is 9.47 Å². The molecule has 0 aliphatic rings. The van der Waals surface area contributed by atoms with E-state index in [1.54, 1.807) is 14.2 Å². The standard InChI is InChI=1S/C18H15N3O2/c1-22-12-8-7-11-9-13(18(23-2)21-16(11)10-12)17-19-14-5-3-4-6-15(14)20-17/h3-10H,1-2H3,(H,19,20). The number of nitrogens with one attached hydrogen (secondary N) is 1. The van der Waals surface area contributed by atoms with Gasteiger partial charge in [-0.05, 0) is 30.3 Å². The third-order valence-electron chi connectivity index (χ3n) is 3.83. The van der Waals surface area contributed by atoms with Gasteiger partial charge in [0, 0.05) is 11.5 Å². The van der Waals surface area contributed by atoms with Crippen LogP contribution in [0, 0.1) is 0 Å². The van der Waals surface area contributed by atoms with Crippen LogP contribution in [0.5, 0.6) is 11.6 Å². The molecule has 0 unspecified atom stereocenters. The molecule has 23 heavy (non-hydrogen) atoms. The largest absolute Gasteiger partial charge is 0.497 e. The average molecular weight is 305 g/mol. The van der Waals surface area contributed by atoms with E-state index in [2.05, 4.69) is 15.0 Å². The lowest BCUT2D eigenvalue weighted by Gasteiger charge is -2.08. The molecule has 4 aromatic rings. The van der Waals surface area contributed by atoms with Gasteiger partial charge in [0.1, 0.15) is 11.6 Å². The zero-order valence-electron chi connectivity index (χ0n) is 12.8. The van der Waals surface area contributed by atoms with Crippen molar-refractivity contribution in [3.8, 4) is 23.0 Å². The van der Waals surface area contributed by atoms with Gasteiger partial charge in [-0.15, -0.1) is 0 Å². The highest BCUT2D eigenvalue weighted by atomic mass is 16.5. The Morgan fingerprint density at radius 3 is 2.52 bits per heavy atom. The second-order valence-corrected chi connectivity index (χ2v) is 5.21. The molecule has 5 heteroatoms. The van der Waals surface area contributed by atoms with Crippen molar-refractivity contribution in [2.24, 2.45) is 0 Å². The molecule has 0 saturated heterocycles. The highest BCUT2D eigenvalue weighted by molar-refractivity contribution is 5.88. The average Bonchev–Trinajstić information content (AvgIpc) is 3.03. The van der Waals surface area contributed by atoms with Gasteiger partial charge in [0.15, 0.2) is 0 Å². The van der Waals surface area contributed by atoms with Crippen LogP contribution < -0.4 is 9.47 Å². The molecule has 0 fully saturated rings. The van der Waals surface area contributed by atoms with Gasteiger partial charge in [-0.25, -0.2) is 9.97 Å². The van der Waals surface area contributed by atoms with Crippen LogP contribution in [0.1, 0.15) is 0 Å². The van der Waals surface area contributed by atoms with E-state index in [9.17, 15) is 0 Å². The van der Waals surface area contributed by atoms with Crippen molar-refractivity contribution in [3.63, 3.8) is 0 Å². The zero-order valence-corrected chi connectivity index (χ0v) is 12.8. The van der Waals surface area contributed by atoms with Gasteiger partial charge in [0.05, 0.1) is 36.3 Å². The number of aromatic nitrogens is 3. The summed E-state index contributed by atoms with van der Waals surface area (Å²) in [4.78, 5) is 12.5. The Morgan fingerprint density at radius 1 is 0.870 bits per heavy atom. The third-order valence-corrected chi connectivity index (χ3v) is 3.83. The number of imidazole rings is 1. The highest BCUT2D eigenvalue weighted by Crippen LogP contribution is 2.32. The normalized spacial score (nSPS) is 11.0. The number of methoxy groups -OCH3 is 2. The Hall–Kier alpha value is -3.08. The number of pyridine rings is 1. The summed E-state index contributed by atoms with van der Waals surface area (Å²) >= 11 is 0. The Labute approximate surface area is 132 Å². The minimum atomic E-state index is 0.532. The second kappa shape index (κ2) is 5.28. The molecule has 1 N–H and O–H groups in total. The maximum absolute atomic E-state index is 5.47. The first-order valence-corrected chi connectivity index (χ1v) is 7.26. The lowest BCUT2D eigenvalue weighted by molar-refractivity contribution is 0.400. The minimum absolute atomic E-state index is 0.532. The first-order valence-electron chi connectivity index (χ1n) is 7.26. The molecule has 0 spiro atoms. The van der Waals surface area contributed by atoms with E-state index in [0.717, 1.165) is 39.1 Å². The van der Waals surface area contributed by atoms with Gasteiger partial charge >= 0.3 is 0 Å². The molecule has 2 aromatic heterocycles. The molecule has 2 heterocycles. The van der Waals surface area contributed by atoms with Crippen LogP contribution in [0.2, 0.25) is 0 Å². The first kappa shape index (κ1) is 13.6. The number of hydrogen-bond acceptors (Lipinski definition) is 4. The number of aromatic amines is 1. The molecule has 4 rings (SSSR count). The van der Waals surface area contributed by atoms with Crippen molar-refractivity contribution in [1.82, 2.24) is 15.0 Å². The molecule has 0 bridgehead atoms. The molecule has 2 aromatic carbocycles. The van der Waals surface area contributed by atoms with Crippen LogP contribution in [0.25, 0.3) is 33.3 Å². The van der Waals surface area contributed by atoms with Gasteiger partial charge in [0.2, 0.25) is 5.88 Å². The van der Waals surface area contributed by atoms with Gasteiger partial charge in [-0.2, -0.15) is 0 Å². The van der Waals surface area contributed by atoms with Crippen LogP contribution in [-0.2, 0) is 0 Å². The van der Waals surface area contributed by atoms with Crippen LogP contribution in [0.15, 0.2) is 48.5 Å². The lowest BCUT2D eigenvalue weighted by atomic mass is 10.1. The number of fused-ring (bicyclic) bond motifs is 2. The van der Waals surface area contributed by atoms with E-state index in [1.165, 1.54) is 0 Å². The number of rotatable bonds is 3. The van der Waals surface area contributed by atoms with Crippen molar-refractivity contribution >= 4 is 21.9 Å². The summed E-state index contributed by atoms with van der Waals surface area (Å²) in [5, 5.41) is 1.00. The minimum Gasteiger partial charge on any atom is -0.497 e. The van der Waals surface area contributed by atoms with Crippen molar-refractivity contribution in [3.05, 3.63) is 48.5 Å². The Bertz CT molecular complexity index is 975. The summed E-state index contributed by atoms with van der Waals surface area (Å²) < 4.78 is 10.7.